The first-order valence-corrected chi connectivity index (χ1v) is 18.7. The number of esters is 2. The first kappa shape index (κ1) is 43.8. The lowest BCUT2D eigenvalue weighted by atomic mass is 10.0. The molecular weight excluding hydrogens is 576 g/mol. The minimum atomic E-state index is -0.799. The van der Waals surface area contributed by atoms with E-state index in [0.717, 1.165) is 64.2 Å². The monoisotopic (exact) mass is 647 g/mol. The fourth-order valence-electron chi connectivity index (χ4n) is 5.03. The molecule has 6 nitrogen and oxygen atoms in total. The molecule has 0 radical (unpaired) electrons. The van der Waals surface area contributed by atoms with Gasteiger partial charge in [0.2, 0.25) is 0 Å². The number of unbranched alkanes of at least 4 members (excludes halogenated alkanes) is 15. The van der Waals surface area contributed by atoms with Crippen LogP contribution >= 0.6 is 0 Å². The number of aliphatic hydroxyl groups excluding tert-OH is 2. The molecule has 2 atom stereocenters. The molecule has 0 aliphatic heterocycles. The maximum Gasteiger partial charge on any atom is 0.306 e. The van der Waals surface area contributed by atoms with Crippen molar-refractivity contribution >= 4 is 11.9 Å². The molecule has 0 saturated carbocycles. The van der Waals surface area contributed by atoms with E-state index in [1.807, 2.05) is 6.92 Å². The lowest BCUT2D eigenvalue weighted by molar-refractivity contribution is -0.161. The summed E-state index contributed by atoms with van der Waals surface area (Å²) < 4.78 is 10.5. The molecule has 266 valence electrons. The van der Waals surface area contributed by atoms with Crippen LogP contribution in [0, 0.1) is 0 Å². The Bertz CT molecular complexity index is 798. The second kappa shape index (κ2) is 35.7. The number of carbonyl (C=O) groups excluding carboxylic acids is 2. The van der Waals surface area contributed by atoms with Crippen molar-refractivity contribution < 1.29 is 29.3 Å². The third kappa shape index (κ3) is 34.7. The maximum absolute atomic E-state index is 12.1. The average molecular weight is 647 g/mol. The third-order valence-electron chi connectivity index (χ3n) is 7.89. The van der Waals surface area contributed by atoms with Crippen molar-refractivity contribution in [3.05, 3.63) is 48.6 Å². The van der Waals surface area contributed by atoms with Gasteiger partial charge in [0.15, 0.2) is 6.10 Å². The van der Waals surface area contributed by atoms with Crippen LogP contribution in [0.5, 0.6) is 0 Å². The molecule has 0 aromatic rings. The summed E-state index contributed by atoms with van der Waals surface area (Å²) in [4.78, 5) is 24.2. The maximum atomic E-state index is 12.1. The number of aliphatic hydroxyl groups is 2. The average Bonchev–Trinajstić information content (AvgIpc) is 3.04. The summed E-state index contributed by atoms with van der Waals surface area (Å²) >= 11 is 0. The first-order chi connectivity index (χ1) is 22.5. The SMILES string of the molecule is CCCCCCCCCCCCCCCCC(=O)O[C@@H](CO)COC(=O)CCC/C=C\C/C=C\C/C=C\C/C=C\CCC[C@@H](C)O. The minimum absolute atomic E-state index is 0.102. The highest BCUT2D eigenvalue weighted by Crippen LogP contribution is 2.14. The molecule has 0 aromatic heterocycles. The van der Waals surface area contributed by atoms with Gasteiger partial charge < -0.3 is 19.7 Å². The Hall–Kier alpha value is -2.18. The van der Waals surface area contributed by atoms with E-state index in [0.29, 0.717) is 19.3 Å². The van der Waals surface area contributed by atoms with E-state index < -0.39 is 6.10 Å². The summed E-state index contributed by atoms with van der Waals surface area (Å²) in [6.07, 6.45) is 41.6. The molecule has 0 bridgehead atoms. The Kier molecular flexibility index (Phi) is 34.0. The van der Waals surface area contributed by atoms with Crippen LogP contribution in [-0.2, 0) is 19.1 Å². The van der Waals surface area contributed by atoms with Gasteiger partial charge in [-0.15, -0.1) is 0 Å². The molecule has 0 amide bonds. The normalized spacial score (nSPS) is 13.4. The predicted molar refractivity (Wildman–Crippen MR) is 193 cm³/mol. The number of rotatable bonds is 33. The lowest BCUT2D eigenvalue weighted by Gasteiger charge is -2.15. The molecule has 0 heterocycles. The van der Waals surface area contributed by atoms with Gasteiger partial charge >= 0.3 is 11.9 Å². The van der Waals surface area contributed by atoms with Gasteiger partial charge in [0.25, 0.3) is 0 Å². The topological polar surface area (TPSA) is 93.1 Å². The van der Waals surface area contributed by atoms with Crippen molar-refractivity contribution in [1.82, 2.24) is 0 Å². The zero-order chi connectivity index (χ0) is 33.8. The fraction of sp³-hybridized carbons (Fsp3) is 0.750. The molecule has 0 aliphatic rings. The number of hydrogen-bond acceptors (Lipinski definition) is 6. The number of hydrogen-bond donors (Lipinski definition) is 2. The number of carbonyl (C=O) groups is 2. The van der Waals surface area contributed by atoms with Gasteiger partial charge in [0, 0.05) is 12.8 Å². The molecule has 2 N–H and O–H groups in total. The second-order valence-corrected chi connectivity index (χ2v) is 12.6. The van der Waals surface area contributed by atoms with E-state index in [4.69, 9.17) is 9.47 Å². The van der Waals surface area contributed by atoms with Crippen LogP contribution in [0.25, 0.3) is 0 Å². The highest BCUT2D eigenvalue weighted by molar-refractivity contribution is 5.70. The Morgan fingerprint density at radius 1 is 0.587 bits per heavy atom. The van der Waals surface area contributed by atoms with Crippen LogP contribution < -0.4 is 0 Å². The van der Waals surface area contributed by atoms with Gasteiger partial charge in [-0.25, -0.2) is 0 Å². The Labute approximate surface area is 282 Å². The van der Waals surface area contributed by atoms with E-state index in [1.54, 1.807) is 0 Å². The molecule has 0 fully saturated rings. The van der Waals surface area contributed by atoms with Crippen molar-refractivity contribution in [3.63, 3.8) is 0 Å². The van der Waals surface area contributed by atoms with Gasteiger partial charge in [-0.1, -0.05) is 139 Å². The van der Waals surface area contributed by atoms with E-state index >= 15 is 0 Å². The van der Waals surface area contributed by atoms with Crippen molar-refractivity contribution in [2.24, 2.45) is 0 Å². The molecule has 6 heteroatoms. The largest absolute Gasteiger partial charge is 0.462 e. The van der Waals surface area contributed by atoms with Crippen molar-refractivity contribution in [2.75, 3.05) is 13.2 Å². The molecule has 0 unspecified atom stereocenters. The summed E-state index contributed by atoms with van der Waals surface area (Å²) in [6.45, 7) is 3.63. The van der Waals surface area contributed by atoms with Gasteiger partial charge in [0.1, 0.15) is 6.61 Å². The van der Waals surface area contributed by atoms with Crippen molar-refractivity contribution in [2.45, 2.75) is 180 Å². The molecule has 0 spiro atoms. The lowest BCUT2D eigenvalue weighted by Crippen LogP contribution is -2.28. The van der Waals surface area contributed by atoms with Gasteiger partial charge in [-0.3, -0.25) is 9.59 Å². The smallest absolute Gasteiger partial charge is 0.306 e. The van der Waals surface area contributed by atoms with E-state index in [1.165, 1.54) is 70.6 Å². The van der Waals surface area contributed by atoms with Crippen LogP contribution in [0.2, 0.25) is 0 Å². The van der Waals surface area contributed by atoms with Crippen molar-refractivity contribution in [3.8, 4) is 0 Å². The molecule has 0 aliphatic carbocycles. The Morgan fingerprint density at radius 3 is 1.50 bits per heavy atom. The quantitative estimate of drug-likeness (QED) is 0.0419. The summed E-state index contributed by atoms with van der Waals surface area (Å²) in [5, 5.41) is 18.8. The molecule has 0 rings (SSSR count). The van der Waals surface area contributed by atoms with Gasteiger partial charge in [0.05, 0.1) is 12.7 Å². The predicted octanol–water partition coefficient (Wildman–Crippen LogP) is 10.4. The minimum Gasteiger partial charge on any atom is -0.462 e. The third-order valence-corrected chi connectivity index (χ3v) is 7.89. The molecular formula is C40H70O6. The van der Waals surface area contributed by atoms with Crippen LogP contribution in [0.1, 0.15) is 168 Å². The summed E-state index contributed by atoms with van der Waals surface area (Å²) in [5.74, 6) is -0.673. The van der Waals surface area contributed by atoms with Gasteiger partial charge in [-0.2, -0.15) is 0 Å². The summed E-state index contributed by atoms with van der Waals surface area (Å²) in [7, 11) is 0. The van der Waals surface area contributed by atoms with E-state index in [9.17, 15) is 19.8 Å². The van der Waals surface area contributed by atoms with Crippen LogP contribution in [-0.4, -0.2) is 47.6 Å². The van der Waals surface area contributed by atoms with Gasteiger partial charge in [-0.05, 0) is 64.7 Å². The van der Waals surface area contributed by atoms with Crippen LogP contribution in [0.3, 0.4) is 0 Å². The summed E-state index contributed by atoms with van der Waals surface area (Å²) in [6, 6.07) is 0. The summed E-state index contributed by atoms with van der Waals surface area (Å²) in [5.41, 5.74) is 0. The van der Waals surface area contributed by atoms with Crippen LogP contribution in [0.15, 0.2) is 48.6 Å². The molecule has 0 aromatic carbocycles. The second-order valence-electron chi connectivity index (χ2n) is 12.6. The fourth-order valence-corrected chi connectivity index (χ4v) is 5.03. The zero-order valence-electron chi connectivity index (χ0n) is 29.7. The van der Waals surface area contributed by atoms with E-state index in [2.05, 4.69) is 55.5 Å². The standard InChI is InChI=1S/C40H70O6/c1-3-4-5-6-7-8-9-10-15-19-22-25-28-31-34-40(44)46-38(35-41)36-45-39(43)33-30-27-24-21-18-16-13-11-12-14-17-20-23-26-29-32-37(2)42/h12-14,16,20-21,23-24,37-38,41-42H,3-11,15,17-19,22,25-36H2,1-2H3/b14-12-,16-13-,23-20-,24-21-/t37-,38+/m1/s1. The highest BCUT2D eigenvalue weighted by atomic mass is 16.6. The molecule has 0 saturated heterocycles. The van der Waals surface area contributed by atoms with E-state index in [-0.39, 0.29) is 31.3 Å². The Morgan fingerprint density at radius 2 is 1.02 bits per heavy atom. The zero-order valence-corrected chi connectivity index (χ0v) is 29.7. The molecule has 46 heavy (non-hydrogen) atoms. The Balaban J connectivity index is 3.67. The van der Waals surface area contributed by atoms with Crippen LogP contribution in [0.4, 0.5) is 0 Å². The number of allylic oxidation sites excluding steroid dienone is 8. The van der Waals surface area contributed by atoms with Crippen molar-refractivity contribution in [1.29, 1.82) is 0 Å². The first-order valence-electron chi connectivity index (χ1n) is 18.7. The number of ether oxygens (including phenoxy) is 2. The highest BCUT2D eigenvalue weighted by Gasteiger charge is 2.16.